The van der Waals surface area contributed by atoms with Crippen molar-refractivity contribution in [3.05, 3.63) is 47.1 Å². The molecule has 4 heterocycles. The van der Waals surface area contributed by atoms with E-state index < -0.39 is 7.14 Å². The van der Waals surface area contributed by atoms with Crippen LogP contribution in [-0.2, 0) is 11.0 Å². The van der Waals surface area contributed by atoms with Crippen LogP contribution in [0, 0.1) is 0 Å². The third-order valence-corrected chi connectivity index (χ3v) is 10.4. The molecule has 0 bridgehead atoms. The summed E-state index contributed by atoms with van der Waals surface area (Å²) < 4.78 is 19.1. The van der Waals surface area contributed by atoms with Gasteiger partial charge in [0, 0.05) is 69.7 Å². The number of rotatable bonds is 8. The molecule has 0 saturated carbocycles. The predicted molar refractivity (Wildman–Crippen MR) is 178 cm³/mol. The maximum Gasteiger partial charge on any atom is 0.229 e. The molecule has 0 radical (unpaired) electrons. The van der Waals surface area contributed by atoms with Gasteiger partial charge in [-0.2, -0.15) is 4.98 Å². The van der Waals surface area contributed by atoms with E-state index in [4.69, 9.17) is 16.3 Å². The minimum atomic E-state index is -2.66. The Morgan fingerprint density at radius 2 is 1.74 bits per heavy atom. The number of benzene rings is 2. The van der Waals surface area contributed by atoms with Crippen molar-refractivity contribution >= 4 is 64.8 Å². The number of fused-ring (bicyclic) bond motifs is 1. The van der Waals surface area contributed by atoms with Gasteiger partial charge in [-0.3, -0.25) is 9.89 Å². The first-order chi connectivity index (χ1) is 20.7. The normalized spacial score (nSPS) is 18.1. The molecule has 2 saturated heterocycles. The van der Waals surface area contributed by atoms with Crippen molar-refractivity contribution in [3.8, 4) is 5.75 Å². The fourth-order valence-electron chi connectivity index (χ4n) is 6.23. The Labute approximate surface area is 258 Å². The molecule has 10 nitrogen and oxygen atoms in total. The van der Waals surface area contributed by atoms with Gasteiger partial charge in [0.1, 0.15) is 17.9 Å². The van der Waals surface area contributed by atoms with Crippen molar-refractivity contribution in [2.24, 2.45) is 4.99 Å². The van der Waals surface area contributed by atoms with Gasteiger partial charge in [0.2, 0.25) is 5.95 Å². The molecule has 0 aliphatic carbocycles. The Morgan fingerprint density at radius 3 is 2.47 bits per heavy atom. The quantitative estimate of drug-likeness (QED) is 0.322. The first kappa shape index (κ1) is 29.9. The average molecular weight is 623 g/mol. The van der Waals surface area contributed by atoms with Crippen molar-refractivity contribution in [1.82, 2.24) is 19.8 Å². The van der Waals surface area contributed by atoms with Crippen LogP contribution in [0.2, 0.25) is 5.02 Å². The minimum Gasteiger partial charge on any atom is -0.494 e. The molecule has 0 unspecified atom stereocenters. The molecule has 0 amide bonds. The fourth-order valence-corrected chi connectivity index (χ4v) is 7.79. The van der Waals surface area contributed by atoms with Crippen LogP contribution in [-0.4, -0.2) is 98.8 Å². The molecule has 228 valence electrons. The van der Waals surface area contributed by atoms with E-state index in [1.54, 1.807) is 26.6 Å². The summed E-state index contributed by atoms with van der Waals surface area (Å²) in [4.78, 5) is 21.1. The summed E-state index contributed by atoms with van der Waals surface area (Å²) in [5.41, 5.74) is 4.42. The molecule has 43 heavy (non-hydrogen) atoms. The van der Waals surface area contributed by atoms with Crippen LogP contribution in [0.5, 0.6) is 5.75 Å². The van der Waals surface area contributed by atoms with Gasteiger partial charge in [-0.25, -0.2) is 4.98 Å². The minimum absolute atomic E-state index is 0.352. The van der Waals surface area contributed by atoms with Crippen molar-refractivity contribution in [2.75, 3.05) is 82.3 Å². The number of aromatic nitrogens is 2. The third kappa shape index (κ3) is 6.53. The molecule has 12 heteroatoms. The molecule has 0 atom stereocenters. The topological polar surface area (TPSA) is 98.2 Å². The number of ether oxygens (including phenoxy) is 1. The smallest absolute Gasteiger partial charge is 0.229 e. The lowest BCUT2D eigenvalue weighted by molar-refractivity contribution is 0.0982. The molecule has 2 fully saturated rings. The summed E-state index contributed by atoms with van der Waals surface area (Å²) >= 11 is 6.52. The van der Waals surface area contributed by atoms with Crippen LogP contribution in [0.1, 0.15) is 18.4 Å². The van der Waals surface area contributed by atoms with Gasteiger partial charge in [-0.1, -0.05) is 17.7 Å². The predicted octanol–water partition coefficient (Wildman–Crippen LogP) is 5.35. The Hall–Kier alpha value is -3.17. The number of methoxy groups -OCH3 is 1. The number of nitrogens with one attached hydrogen (secondary N) is 2. The summed E-state index contributed by atoms with van der Waals surface area (Å²) in [5.74, 6) is 1.49. The number of halogens is 1. The Balaban J connectivity index is 1.16. The van der Waals surface area contributed by atoms with Crippen molar-refractivity contribution in [1.29, 1.82) is 0 Å². The van der Waals surface area contributed by atoms with E-state index in [1.165, 1.54) is 25.9 Å². The molecular weight excluding hydrogens is 583 g/mol. The number of likely N-dealkylation sites (N-methyl/N-ethyl adjacent to an activating group) is 1. The van der Waals surface area contributed by atoms with E-state index in [-0.39, 0.29) is 0 Å². The standard InChI is InChI=1S/C31H40ClN8O2P/c1-38-15-17-40(18-16-38)22-10-13-39(14-11-22)23-6-8-25(27(19-23)42-2)36-31-34-20-24(32)30(37-31)35-26-7-5-21-9-12-33-28(21)29(26)43(3,4)41/h5-8,12,19-20,22H,9-11,13-18H2,1-4H3,(H2,34,35,36,37). The number of aliphatic imine (C=N–C) groups is 1. The average Bonchev–Trinajstić information content (AvgIpc) is 3.47. The van der Waals surface area contributed by atoms with Crippen LogP contribution in [0.3, 0.4) is 0 Å². The number of anilines is 5. The van der Waals surface area contributed by atoms with Gasteiger partial charge in [0.15, 0.2) is 5.82 Å². The third-order valence-electron chi connectivity index (χ3n) is 8.62. The van der Waals surface area contributed by atoms with Crippen molar-refractivity contribution in [2.45, 2.75) is 25.3 Å². The SMILES string of the molecule is COc1cc(N2CCC(N3CCN(C)CC3)CC2)ccc1Nc1ncc(Cl)c(Nc2ccc3c(c2P(C)(C)=O)N=CC3)n1. The second kappa shape index (κ2) is 12.4. The van der Waals surface area contributed by atoms with Gasteiger partial charge in [-0.15, -0.1) is 0 Å². The Kier molecular flexibility index (Phi) is 8.65. The molecule has 1 aromatic heterocycles. The lowest BCUT2D eigenvalue weighted by Gasteiger charge is -2.42. The first-order valence-corrected chi connectivity index (χ1v) is 17.8. The largest absolute Gasteiger partial charge is 0.494 e. The van der Waals surface area contributed by atoms with E-state index in [2.05, 4.69) is 59.5 Å². The maximum atomic E-state index is 13.3. The molecule has 0 spiro atoms. The number of piperazine rings is 1. The second-order valence-corrected chi connectivity index (χ2v) is 15.5. The van der Waals surface area contributed by atoms with E-state index >= 15 is 0 Å². The van der Waals surface area contributed by atoms with E-state index in [0.717, 1.165) is 55.2 Å². The zero-order valence-corrected chi connectivity index (χ0v) is 27.0. The summed E-state index contributed by atoms with van der Waals surface area (Å²) in [6, 6.07) is 10.8. The highest BCUT2D eigenvalue weighted by molar-refractivity contribution is 7.70. The number of piperidine rings is 1. The molecule has 2 N–H and O–H groups in total. The fraction of sp³-hybridized carbons (Fsp3) is 0.452. The zero-order chi connectivity index (χ0) is 30.1. The van der Waals surface area contributed by atoms with Crippen LogP contribution < -0.4 is 25.6 Å². The van der Waals surface area contributed by atoms with Crippen LogP contribution >= 0.6 is 18.7 Å². The van der Waals surface area contributed by atoms with Gasteiger partial charge in [-0.05, 0) is 57.0 Å². The highest BCUT2D eigenvalue weighted by atomic mass is 35.5. The van der Waals surface area contributed by atoms with Crippen molar-refractivity contribution in [3.63, 3.8) is 0 Å². The van der Waals surface area contributed by atoms with Gasteiger partial charge >= 0.3 is 0 Å². The van der Waals surface area contributed by atoms with E-state index in [1.807, 2.05) is 24.4 Å². The monoisotopic (exact) mass is 622 g/mol. The number of hydrogen-bond acceptors (Lipinski definition) is 10. The molecule has 3 aromatic rings. The summed E-state index contributed by atoms with van der Waals surface area (Å²) in [6.45, 7) is 10.2. The van der Waals surface area contributed by atoms with Gasteiger partial charge < -0.3 is 29.7 Å². The molecule has 3 aliphatic rings. The highest BCUT2D eigenvalue weighted by Crippen LogP contribution is 2.45. The van der Waals surface area contributed by atoms with E-state index in [0.29, 0.717) is 39.6 Å². The molecule has 6 rings (SSSR count). The van der Waals surface area contributed by atoms with Crippen LogP contribution in [0.4, 0.5) is 34.5 Å². The second-order valence-electron chi connectivity index (χ2n) is 11.9. The first-order valence-electron chi connectivity index (χ1n) is 14.9. The summed E-state index contributed by atoms with van der Waals surface area (Å²) in [5, 5.41) is 7.65. The molecule has 3 aliphatic heterocycles. The lowest BCUT2D eigenvalue weighted by atomic mass is 10.0. The number of hydrogen-bond donors (Lipinski definition) is 2. The van der Waals surface area contributed by atoms with Gasteiger partial charge in [0.25, 0.3) is 0 Å². The van der Waals surface area contributed by atoms with E-state index in [9.17, 15) is 4.57 Å². The molecular formula is C31H40ClN8O2P. The van der Waals surface area contributed by atoms with Gasteiger partial charge in [0.05, 0.1) is 35.7 Å². The maximum absolute atomic E-state index is 13.3. The Morgan fingerprint density at radius 1 is 1.00 bits per heavy atom. The van der Waals surface area contributed by atoms with Crippen LogP contribution in [0.25, 0.3) is 0 Å². The summed E-state index contributed by atoms with van der Waals surface area (Å²) in [7, 11) is 1.22. The van der Waals surface area contributed by atoms with Crippen LogP contribution in [0.15, 0.2) is 41.5 Å². The molecule has 2 aromatic carbocycles. The zero-order valence-electron chi connectivity index (χ0n) is 25.3. The highest BCUT2D eigenvalue weighted by Gasteiger charge is 2.28. The Bertz CT molecular complexity index is 1560. The van der Waals surface area contributed by atoms with Crippen molar-refractivity contribution < 1.29 is 9.30 Å². The lowest BCUT2D eigenvalue weighted by Crippen LogP contribution is -2.52. The summed E-state index contributed by atoms with van der Waals surface area (Å²) in [6.07, 6.45) is 6.48. The number of nitrogens with zero attached hydrogens (tertiary/aromatic N) is 6.